The van der Waals surface area contributed by atoms with Crippen molar-refractivity contribution in [2.75, 3.05) is 20.2 Å². The van der Waals surface area contributed by atoms with Gasteiger partial charge < -0.3 is 20.1 Å². The Bertz CT molecular complexity index is 1070. The predicted octanol–water partition coefficient (Wildman–Crippen LogP) is 4.56. The molecule has 166 valence electrons. The third-order valence-electron chi connectivity index (χ3n) is 4.79. The summed E-state index contributed by atoms with van der Waals surface area (Å²) in [6.07, 6.45) is 0.692. The number of halogens is 1. The molecule has 0 saturated carbocycles. The van der Waals surface area contributed by atoms with Gasteiger partial charge in [-0.15, -0.1) is 0 Å². The molecule has 0 radical (unpaired) electrons. The molecule has 0 aliphatic heterocycles. The van der Waals surface area contributed by atoms with Gasteiger partial charge in [-0.2, -0.15) is 0 Å². The molecule has 0 atom stereocenters. The van der Waals surface area contributed by atoms with E-state index < -0.39 is 5.91 Å². The fourth-order valence-corrected chi connectivity index (χ4v) is 3.22. The number of amides is 2. The summed E-state index contributed by atoms with van der Waals surface area (Å²) in [5.74, 6) is 0.519. The highest BCUT2D eigenvalue weighted by Gasteiger charge is 2.13. The number of nitrogens with two attached hydrogens (primary N) is 1. The molecule has 0 aromatic heterocycles. The molecular weight excluding hydrogens is 428 g/mol. The quantitative estimate of drug-likeness (QED) is 0.457. The summed E-state index contributed by atoms with van der Waals surface area (Å²) in [7, 11) is 1.76. The molecule has 7 heteroatoms. The highest BCUT2D eigenvalue weighted by atomic mass is 35.5. The van der Waals surface area contributed by atoms with Crippen LogP contribution in [0.15, 0.2) is 72.8 Å². The molecule has 0 heterocycles. The van der Waals surface area contributed by atoms with Crippen LogP contribution in [-0.2, 0) is 6.61 Å². The average Bonchev–Trinajstić information content (AvgIpc) is 2.81. The summed E-state index contributed by atoms with van der Waals surface area (Å²) in [6.45, 7) is 1.26. The maximum Gasteiger partial charge on any atom is 0.253 e. The van der Waals surface area contributed by atoms with Crippen molar-refractivity contribution in [3.63, 3.8) is 0 Å². The van der Waals surface area contributed by atoms with Gasteiger partial charge in [-0.05, 0) is 60.5 Å². The number of hydrogen-bond acceptors (Lipinski definition) is 4. The Morgan fingerprint density at radius 2 is 1.72 bits per heavy atom. The second kappa shape index (κ2) is 11.2. The number of carbonyl (C=O) groups excluding carboxylic acids is 2. The molecule has 0 bridgehead atoms. The Morgan fingerprint density at radius 3 is 2.47 bits per heavy atom. The first kappa shape index (κ1) is 23.2. The number of carbonyl (C=O) groups is 2. The van der Waals surface area contributed by atoms with E-state index in [4.69, 9.17) is 26.8 Å². The summed E-state index contributed by atoms with van der Waals surface area (Å²) in [4.78, 5) is 26.0. The number of benzene rings is 3. The molecule has 3 aromatic rings. The first-order chi connectivity index (χ1) is 15.4. The Labute approximate surface area is 192 Å². The van der Waals surface area contributed by atoms with Crippen molar-refractivity contribution < 1.29 is 19.1 Å². The van der Waals surface area contributed by atoms with Gasteiger partial charge in [0, 0.05) is 24.2 Å². The fourth-order valence-electron chi connectivity index (χ4n) is 3.10. The summed E-state index contributed by atoms with van der Waals surface area (Å²) in [6, 6.07) is 21.2. The van der Waals surface area contributed by atoms with Crippen molar-refractivity contribution in [3.8, 4) is 11.5 Å². The minimum absolute atomic E-state index is 0.0871. The van der Waals surface area contributed by atoms with E-state index in [1.807, 2.05) is 24.3 Å². The molecular formula is C25H25ClN2O4. The van der Waals surface area contributed by atoms with Crippen LogP contribution in [0.25, 0.3) is 0 Å². The number of para-hydroxylation sites is 1. The second-order valence-corrected chi connectivity index (χ2v) is 7.67. The zero-order valence-electron chi connectivity index (χ0n) is 17.8. The summed E-state index contributed by atoms with van der Waals surface area (Å²) < 4.78 is 11.4. The van der Waals surface area contributed by atoms with Crippen LogP contribution in [-0.4, -0.2) is 36.9 Å². The lowest BCUT2D eigenvalue weighted by Gasteiger charge is -2.18. The van der Waals surface area contributed by atoms with Gasteiger partial charge in [-0.1, -0.05) is 35.9 Å². The Balaban J connectivity index is 1.51. The number of ether oxygens (including phenoxy) is 2. The Morgan fingerprint density at radius 1 is 0.969 bits per heavy atom. The second-order valence-electron chi connectivity index (χ2n) is 7.23. The van der Waals surface area contributed by atoms with Crippen LogP contribution in [0.1, 0.15) is 32.7 Å². The molecule has 0 spiro atoms. The molecule has 0 aliphatic carbocycles. The van der Waals surface area contributed by atoms with Gasteiger partial charge in [-0.3, -0.25) is 9.59 Å². The van der Waals surface area contributed by atoms with Crippen LogP contribution in [0.4, 0.5) is 0 Å². The van der Waals surface area contributed by atoms with Crippen molar-refractivity contribution >= 4 is 23.4 Å². The minimum Gasteiger partial charge on any atom is -0.494 e. The van der Waals surface area contributed by atoms with Crippen LogP contribution in [0.5, 0.6) is 11.5 Å². The lowest BCUT2D eigenvalue weighted by atomic mass is 10.1. The van der Waals surface area contributed by atoms with E-state index in [-0.39, 0.29) is 12.5 Å². The normalized spacial score (nSPS) is 10.4. The third kappa shape index (κ3) is 6.49. The zero-order chi connectivity index (χ0) is 22.9. The largest absolute Gasteiger partial charge is 0.494 e. The van der Waals surface area contributed by atoms with Crippen LogP contribution in [0.3, 0.4) is 0 Å². The van der Waals surface area contributed by atoms with E-state index in [1.165, 1.54) is 0 Å². The highest BCUT2D eigenvalue weighted by molar-refractivity contribution is 6.30. The summed E-state index contributed by atoms with van der Waals surface area (Å²) >= 11 is 5.86. The maximum atomic E-state index is 12.8. The zero-order valence-corrected chi connectivity index (χ0v) is 18.5. The molecule has 6 nitrogen and oxygen atoms in total. The lowest BCUT2D eigenvalue weighted by Crippen LogP contribution is -2.28. The topological polar surface area (TPSA) is 81.9 Å². The molecule has 0 saturated heterocycles. The maximum absolute atomic E-state index is 12.8. The first-order valence-corrected chi connectivity index (χ1v) is 10.6. The molecule has 32 heavy (non-hydrogen) atoms. The molecule has 0 aliphatic rings. The summed E-state index contributed by atoms with van der Waals surface area (Å²) in [5.41, 5.74) is 7.09. The lowest BCUT2D eigenvalue weighted by molar-refractivity contribution is 0.0787. The van der Waals surface area contributed by atoms with Crippen LogP contribution < -0.4 is 15.2 Å². The number of hydrogen-bond donors (Lipinski definition) is 1. The van der Waals surface area contributed by atoms with Gasteiger partial charge in [-0.25, -0.2) is 0 Å². The van der Waals surface area contributed by atoms with Crippen molar-refractivity contribution in [2.45, 2.75) is 13.0 Å². The van der Waals surface area contributed by atoms with E-state index in [0.29, 0.717) is 41.5 Å². The monoisotopic (exact) mass is 452 g/mol. The standard InChI is InChI=1S/C25H25ClN2O4/c1-28(14-5-15-31-21-12-10-20(26)11-13-21)25(30)19-7-4-6-18(16-19)17-32-23-9-3-2-8-22(23)24(27)29/h2-4,6-13,16H,5,14-15,17H2,1H3,(H2,27,29). The van der Waals surface area contributed by atoms with Crippen LogP contribution in [0, 0.1) is 0 Å². The van der Waals surface area contributed by atoms with Crippen molar-refractivity contribution in [1.82, 2.24) is 4.90 Å². The van der Waals surface area contributed by atoms with Crippen molar-refractivity contribution in [3.05, 3.63) is 94.5 Å². The minimum atomic E-state index is -0.550. The van der Waals surface area contributed by atoms with E-state index in [2.05, 4.69) is 0 Å². The molecule has 2 N–H and O–H groups in total. The van der Waals surface area contributed by atoms with E-state index >= 15 is 0 Å². The first-order valence-electron chi connectivity index (χ1n) is 10.2. The number of rotatable bonds is 10. The molecule has 3 rings (SSSR count). The SMILES string of the molecule is CN(CCCOc1ccc(Cl)cc1)C(=O)c1cccc(COc2ccccc2C(N)=O)c1. The van der Waals surface area contributed by atoms with E-state index in [9.17, 15) is 9.59 Å². The number of nitrogens with zero attached hydrogens (tertiary/aromatic N) is 1. The fraction of sp³-hybridized carbons (Fsp3) is 0.200. The number of primary amides is 1. The Hall–Kier alpha value is -3.51. The molecule has 3 aromatic carbocycles. The van der Waals surface area contributed by atoms with Gasteiger partial charge in [0.2, 0.25) is 0 Å². The van der Waals surface area contributed by atoms with Crippen molar-refractivity contribution in [1.29, 1.82) is 0 Å². The third-order valence-corrected chi connectivity index (χ3v) is 5.04. The van der Waals surface area contributed by atoms with Crippen LogP contribution in [0.2, 0.25) is 5.02 Å². The average molecular weight is 453 g/mol. The Kier molecular flexibility index (Phi) is 8.11. The van der Waals surface area contributed by atoms with Gasteiger partial charge in [0.25, 0.3) is 11.8 Å². The van der Waals surface area contributed by atoms with E-state index in [1.54, 1.807) is 60.5 Å². The molecule has 0 fully saturated rings. The molecule has 2 amide bonds. The van der Waals surface area contributed by atoms with Crippen LogP contribution >= 0.6 is 11.6 Å². The van der Waals surface area contributed by atoms with Gasteiger partial charge >= 0.3 is 0 Å². The van der Waals surface area contributed by atoms with Gasteiger partial charge in [0.15, 0.2) is 0 Å². The van der Waals surface area contributed by atoms with Crippen molar-refractivity contribution in [2.24, 2.45) is 5.73 Å². The van der Waals surface area contributed by atoms with Gasteiger partial charge in [0.1, 0.15) is 18.1 Å². The predicted molar refractivity (Wildman–Crippen MR) is 124 cm³/mol. The molecule has 0 unspecified atom stereocenters. The van der Waals surface area contributed by atoms with Gasteiger partial charge in [0.05, 0.1) is 12.2 Å². The van der Waals surface area contributed by atoms with E-state index in [0.717, 1.165) is 11.3 Å². The smallest absolute Gasteiger partial charge is 0.253 e. The highest BCUT2D eigenvalue weighted by Crippen LogP contribution is 2.19. The summed E-state index contributed by atoms with van der Waals surface area (Å²) in [5, 5.41) is 0.660.